The van der Waals surface area contributed by atoms with Crippen molar-refractivity contribution in [1.29, 1.82) is 5.26 Å². The van der Waals surface area contributed by atoms with Gasteiger partial charge in [-0.2, -0.15) is 5.26 Å². The fourth-order valence-electron chi connectivity index (χ4n) is 2.72. The Hall–Kier alpha value is -3.55. The van der Waals surface area contributed by atoms with Crippen LogP contribution >= 0.6 is 11.6 Å². The van der Waals surface area contributed by atoms with E-state index in [4.69, 9.17) is 16.3 Å². The van der Waals surface area contributed by atoms with E-state index in [0.29, 0.717) is 28.6 Å². The highest BCUT2D eigenvalue weighted by Gasteiger charge is 2.13. The zero-order valence-electron chi connectivity index (χ0n) is 15.9. The zero-order valence-corrected chi connectivity index (χ0v) is 16.6. The summed E-state index contributed by atoms with van der Waals surface area (Å²) in [5.41, 5.74) is 3.04. The van der Waals surface area contributed by atoms with Crippen molar-refractivity contribution in [1.82, 2.24) is 0 Å². The van der Waals surface area contributed by atoms with Gasteiger partial charge < -0.3 is 10.1 Å². The smallest absolute Gasteiger partial charge is 0.266 e. The van der Waals surface area contributed by atoms with E-state index in [9.17, 15) is 10.1 Å². The van der Waals surface area contributed by atoms with Crippen LogP contribution in [0.4, 0.5) is 5.69 Å². The number of carbonyl (C=O) groups excluding carboxylic acids is 1. The van der Waals surface area contributed by atoms with Crippen LogP contribution in [0.3, 0.4) is 0 Å². The lowest BCUT2D eigenvalue weighted by molar-refractivity contribution is -0.112. The molecule has 0 atom stereocenters. The Morgan fingerprint density at radius 2 is 1.86 bits per heavy atom. The SMILES string of the molecule is Cc1cccc(Cl)c1NC(=O)/C(C#N)=C/c1cccc(OCc2ccccc2)c1. The molecule has 4 nitrogen and oxygen atoms in total. The second kappa shape index (κ2) is 9.59. The topological polar surface area (TPSA) is 62.1 Å². The number of aryl methyl sites for hydroxylation is 1. The number of anilines is 1. The van der Waals surface area contributed by atoms with Gasteiger partial charge in [0.25, 0.3) is 5.91 Å². The van der Waals surface area contributed by atoms with Gasteiger partial charge in [-0.1, -0.05) is 66.2 Å². The summed E-state index contributed by atoms with van der Waals surface area (Å²) >= 11 is 6.15. The predicted octanol–water partition coefficient (Wildman–Crippen LogP) is 5.77. The normalized spacial score (nSPS) is 10.9. The molecule has 0 radical (unpaired) electrons. The summed E-state index contributed by atoms with van der Waals surface area (Å²) in [6.45, 7) is 2.27. The molecular formula is C24H19ClN2O2. The number of rotatable bonds is 6. The number of hydrogen-bond donors (Lipinski definition) is 1. The average molecular weight is 403 g/mol. The maximum absolute atomic E-state index is 12.6. The van der Waals surface area contributed by atoms with Crippen molar-refractivity contribution in [2.24, 2.45) is 0 Å². The first-order valence-electron chi connectivity index (χ1n) is 9.02. The number of nitrogens with one attached hydrogen (secondary N) is 1. The molecule has 29 heavy (non-hydrogen) atoms. The van der Waals surface area contributed by atoms with Crippen LogP contribution in [0, 0.1) is 18.3 Å². The van der Waals surface area contributed by atoms with Crippen LogP contribution in [0.2, 0.25) is 5.02 Å². The highest BCUT2D eigenvalue weighted by Crippen LogP contribution is 2.26. The molecule has 0 spiro atoms. The number of para-hydroxylation sites is 1. The van der Waals surface area contributed by atoms with Crippen molar-refractivity contribution in [3.05, 3.63) is 100 Å². The number of hydrogen-bond acceptors (Lipinski definition) is 3. The second-order valence-electron chi connectivity index (χ2n) is 6.40. The van der Waals surface area contributed by atoms with Gasteiger partial charge in [-0.25, -0.2) is 0 Å². The Bertz CT molecular complexity index is 1070. The van der Waals surface area contributed by atoms with E-state index in [1.165, 1.54) is 6.08 Å². The Kier molecular flexibility index (Phi) is 6.67. The van der Waals surface area contributed by atoms with Gasteiger partial charge in [0.15, 0.2) is 0 Å². The molecule has 0 saturated heterocycles. The molecule has 0 unspecified atom stereocenters. The lowest BCUT2D eigenvalue weighted by Crippen LogP contribution is -2.14. The second-order valence-corrected chi connectivity index (χ2v) is 6.81. The number of halogens is 1. The highest BCUT2D eigenvalue weighted by molar-refractivity contribution is 6.34. The fraction of sp³-hybridized carbons (Fsp3) is 0.0833. The Balaban J connectivity index is 1.75. The Morgan fingerprint density at radius 1 is 1.10 bits per heavy atom. The van der Waals surface area contributed by atoms with Gasteiger partial charge in [0, 0.05) is 0 Å². The summed E-state index contributed by atoms with van der Waals surface area (Å²) in [5, 5.41) is 12.6. The quantitative estimate of drug-likeness (QED) is 0.420. The number of nitrogens with zero attached hydrogens (tertiary/aromatic N) is 1. The minimum Gasteiger partial charge on any atom is -0.489 e. The molecule has 0 aliphatic rings. The van der Waals surface area contributed by atoms with Crippen molar-refractivity contribution in [3.8, 4) is 11.8 Å². The molecule has 0 aromatic heterocycles. The molecule has 1 amide bonds. The van der Waals surface area contributed by atoms with E-state index < -0.39 is 5.91 Å². The van der Waals surface area contributed by atoms with Crippen LogP contribution in [0.25, 0.3) is 6.08 Å². The van der Waals surface area contributed by atoms with Crippen LogP contribution in [0.5, 0.6) is 5.75 Å². The van der Waals surface area contributed by atoms with Crippen molar-refractivity contribution >= 4 is 29.3 Å². The predicted molar refractivity (Wildman–Crippen MR) is 116 cm³/mol. The molecule has 3 aromatic rings. The zero-order chi connectivity index (χ0) is 20.6. The van der Waals surface area contributed by atoms with Crippen molar-refractivity contribution in [2.45, 2.75) is 13.5 Å². The van der Waals surface area contributed by atoms with Gasteiger partial charge in [0.1, 0.15) is 24.0 Å². The molecule has 144 valence electrons. The molecular weight excluding hydrogens is 384 g/mol. The van der Waals surface area contributed by atoms with Crippen LogP contribution in [0.1, 0.15) is 16.7 Å². The molecule has 0 saturated carbocycles. The summed E-state index contributed by atoms with van der Waals surface area (Å²) in [5.74, 6) is 0.140. The van der Waals surface area contributed by atoms with Crippen LogP contribution < -0.4 is 10.1 Å². The van der Waals surface area contributed by atoms with Gasteiger partial charge in [0.05, 0.1) is 10.7 Å². The van der Waals surface area contributed by atoms with E-state index in [1.54, 1.807) is 24.3 Å². The van der Waals surface area contributed by atoms with E-state index >= 15 is 0 Å². The molecule has 0 heterocycles. The van der Waals surface area contributed by atoms with Crippen LogP contribution in [-0.2, 0) is 11.4 Å². The monoisotopic (exact) mass is 402 g/mol. The third-order valence-electron chi connectivity index (χ3n) is 4.24. The maximum Gasteiger partial charge on any atom is 0.266 e. The largest absolute Gasteiger partial charge is 0.489 e. The van der Waals surface area contributed by atoms with Gasteiger partial charge in [-0.05, 0) is 47.9 Å². The van der Waals surface area contributed by atoms with Crippen molar-refractivity contribution in [3.63, 3.8) is 0 Å². The average Bonchev–Trinajstić information content (AvgIpc) is 2.74. The summed E-state index contributed by atoms with van der Waals surface area (Å²) < 4.78 is 5.81. The van der Waals surface area contributed by atoms with Crippen molar-refractivity contribution in [2.75, 3.05) is 5.32 Å². The molecule has 0 aliphatic heterocycles. The van der Waals surface area contributed by atoms with Gasteiger partial charge in [0.2, 0.25) is 0 Å². The Morgan fingerprint density at radius 3 is 2.59 bits per heavy atom. The van der Waals surface area contributed by atoms with E-state index in [-0.39, 0.29) is 5.57 Å². The van der Waals surface area contributed by atoms with Crippen LogP contribution in [0.15, 0.2) is 78.4 Å². The molecule has 0 bridgehead atoms. The summed E-state index contributed by atoms with van der Waals surface area (Å²) in [4.78, 5) is 12.6. The summed E-state index contributed by atoms with van der Waals surface area (Å²) in [7, 11) is 0. The minimum absolute atomic E-state index is 0.0236. The number of benzene rings is 3. The molecule has 0 aliphatic carbocycles. The number of carbonyl (C=O) groups is 1. The van der Waals surface area contributed by atoms with Gasteiger partial charge in [-0.3, -0.25) is 4.79 Å². The van der Waals surface area contributed by atoms with E-state index in [2.05, 4.69) is 5.32 Å². The minimum atomic E-state index is -0.515. The first-order valence-corrected chi connectivity index (χ1v) is 9.39. The molecule has 3 rings (SSSR count). The highest BCUT2D eigenvalue weighted by atomic mass is 35.5. The number of amides is 1. The third kappa shape index (κ3) is 5.47. The molecule has 5 heteroatoms. The standard InChI is InChI=1S/C24H19ClN2O2/c1-17-7-5-12-22(25)23(17)27-24(28)20(15-26)13-19-10-6-11-21(14-19)29-16-18-8-3-2-4-9-18/h2-14H,16H2,1H3,(H,27,28)/b20-13+. The summed E-state index contributed by atoms with van der Waals surface area (Å²) in [6, 6.07) is 24.4. The third-order valence-corrected chi connectivity index (χ3v) is 4.56. The first kappa shape index (κ1) is 20.2. The maximum atomic E-state index is 12.6. The van der Waals surface area contributed by atoms with Crippen LogP contribution in [-0.4, -0.2) is 5.91 Å². The number of ether oxygens (including phenoxy) is 1. The van der Waals surface area contributed by atoms with E-state index in [1.807, 2.05) is 61.5 Å². The van der Waals surface area contributed by atoms with Gasteiger partial charge >= 0.3 is 0 Å². The van der Waals surface area contributed by atoms with Crippen molar-refractivity contribution < 1.29 is 9.53 Å². The first-order chi connectivity index (χ1) is 14.1. The van der Waals surface area contributed by atoms with Gasteiger partial charge in [-0.15, -0.1) is 0 Å². The lowest BCUT2D eigenvalue weighted by atomic mass is 10.1. The fourth-order valence-corrected chi connectivity index (χ4v) is 2.99. The van der Waals surface area contributed by atoms with E-state index in [0.717, 1.165) is 11.1 Å². The lowest BCUT2D eigenvalue weighted by Gasteiger charge is -2.10. The molecule has 3 aromatic carbocycles. The molecule has 1 N–H and O–H groups in total. The summed E-state index contributed by atoms with van der Waals surface area (Å²) in [6.07, 6.45) is 1.52. The Labute approximate surface area is 175 Å². The number of nitriles is 1. The molecule has 0 fully saturated rings.